The van der Waals surface area contributed by atoms with Gasteiger partial charge in [-0.25, -0.2) is 4.98 Å². The minimum absolute atomic E-state index is 0.190. The van der Waals surface area contributed by atoms with Crippen LogP contribution in [0.1, 0.15) is 46.9 Å². The first kappa shape index (κ1) is 15.7. The Labute approximate surface area is 146 Å². The molecule has 3 rings (SSSR count). The zero-order valence-corrected chi connectivity index (χ0v) is 15.9. The van der Waals surface area contributed by atoms with Crippen LogP contribution in [0.2, 0.25) is 0 Å². The van der Waals surface area contributed by atoms with E-state index < -0.39 is 0 Å². The van der Waals surface area contributed by atoms with Gasteiger partial charge in [0, 0.05) is 13.8 Å². The highest BCUT2D eigenvalue weighted by atomic mass is 79.9. The summed E-state index contributed by atoms with van der Waals surface area (Å²) < 4.78 is 2.17. The molecule has 112 valence electrons. The third-order valence-electron chi connectivity index (χ3n) is 3.79. The van der Waals surface area contributed by atoms with Gasteiger partial charge in [-0.3, -0.25) is 0 Å². The summed E-state index contributed by atoms with van der Waals surface area (Å²) in [5, 5.41) is 4.79. The van der Waals surface area contributed by atoms with Crippen molar-refractivity contribution in [3.8, 4) is 0 Å². The average molecular weight is 430 g/mol. The van der Waals surface area contributed by atoms with Crippen LogP contribution >= 0.6 is 43.2 Å². The van der Waals surface area contributed by atoms with E-state index in [0.29, 0.717) is 0 Å². The van der Waals surface area contributed by atoms with Gasteiger partial charge in [-0.2, -0.15) is 0 Å². The maximum atomic E-state index is 4.93. The van der Waals surface area contributed by atoms with Crippen molar-refractivity contribution in [3.63, 3.8) is 0 Å². The second kappa shape index (κ2) is 6.90. The predicted octanol–water partition coefficient (Wildman–Crippen LogP) is 5.25. The fourth-order valence-corrected chi connectivity index (χ4v) is 4.64. The van der Waals surface area contributed by atoms with Crippen molar-refractivity contribution in [2.24, 2.45) is 0 Å². The summed E-state index contributed by atoms with van der Waals surface area (Å²) in [7, 11) is 0. The molecule has 0 fully saturated rings. The van der Waals surface area contributed by atoms with Crippen LogP contribution in [0.4, 0.5) is 0 Å². The molecule has 0 spiro atoms. The molecule has 1 aliphatic rings. The Bertz CT molecular complexity index is 616. The van der Waals surface area contributed by atoms with Gasteiger partial charge in [0.2, 0.25) is 0 Å². The van der Waals surface area contributed by atoms with Gasteiger partial charge in [-0.1, -0.05) is 13.0 Å². The zero-order chi connectivity index (χ0) is 14.8. The molecule has 1 aliphatic carbocycles. The van der Waals surface area contributed by atoms with E-state index >= 15 is 0 Å². The first-order chi connectivity index (χ1) is 10.2. The van der Waals surface area contributed by atoms with Crippen LogP contribution in [-0.2, 0) is 12.8 Å². The molecule has 2 nitrogen and oxygen atoms in total. The number of benzene rings is 1. The highest BCUT2D eigenvalue weighted by Crippen LogP contribution is 2.34. The third kappa shape index (κ3) is 3.41. The van der Waals surface area contributed by atoms with Gasteiger partial charge in [0.15, 0.2) is 0 Å². The number of aryl methyl sites for hydroxylation is 2. The Morgan fingerprint density at radius 2 is 2.05 bits per heavy atom. The summed E-state index contributed by atoms with van der Waals surface area (Å²) in [5.74, 6) is 0. The van der Waals surface area contributed by atoms with Crippen molar-refractivity contribution in [1.82, 2.24) is 10.3 Å². The summed E-state index contributed by atoms with van der Waals surface area (Å²) in [5.41, 5.74) is 2.60. The highest BCUT2D eigenvalue weighted by molar-refractivity contribution is 9.13. The number of nitrogens with one attached hydrogen (secondary N) is 1. The van der Waals surface area contributed by atoms with Crippen molar-refractivity contribution in [3.05, 3.63) is 48.3 Å². The zero-order valence-electron chi connectivity index (χ0n) is 12.0. The summed E-state index contributed by atoms with van der Waals surface area (Å²) >= 11 is 9.03. The minimum atomic E-state index is 0.190. The van der Waals surface area contributed by atoms with Crippen LogP contribution in [0.25, 0.3) is 0 Å². The van der Waals surface area contributed by atoms with Crippen LogP contribution in [0.3, 0.4) is 0 Å². The van der Waals surface area contributed by atoms with Crippen molar-refractivity contribution in [2.75, 3.05) is 6.54 Å². The normalized spacial score (nSPS) is 15.8. The van der Waals surface area contributed by atoms with Crippen LogP contribution in [0, 0.1) is 0 Å². The van der Waals surface area contributed by atoms with Crippen molar-refractivity contribution in [2.45, 2.75) is 38.6 Å². The SMILES string of the molecule is CCNC(c1ccc(Br)c(Br)c1)c1nc2c(s1)CCCC2. The van der Waals surface area contributed by atoms with Gasteiger partial charge in [0.25, 0.3) is 0 Å². The molecule has 1 atom stereocenters. The number of thiazole rings is 1. The summed E-state index contributed by atoms with van der Waals surface area (Å²) in [6.45, 7) is 3.08. The van der Waals surface area contributed by atoms with Gasteiger partial charge in [0.1, 0.15) is 5.01 Å². The highest BCUT2D eigenvalue weighted by Gasteiger charge is 2.22. The molecule has 1 unspecified atom stereocenters. The molecule has 1 heterocycles. The van der Waals surface area contributed by atoms with Crippen LogP contribution < -0.4 is 5.32 Å². The number of nitrogens with zero attached hydrogens (tertiary/aromatic N) is 1. The van der Waals surface area contributed by atoms with Gasteiger partial charge >= 0.3 is 0 Å². The Balaban J connectivity index is 1.96. The number of fused-ring (bicyclic) bond motifs is 1. The Hall–Kier alpha value is -0.230. The molecule has 0 saturated carbocycles. The molecule has 2 aromatic rings. The second-order valence-electron chi connectivity index (χ2n) is 5.29. The van der Waals surface area contributed by atoms with E-state index in [9.17, 15) is 0 Å². The molecule has 1 aromatic carbocycles. The number of aromatic nitrogens is 1. The monoisotopic (exact) mass is 428 g/mol. The van der Waals surface area contributed by atoms with Crippen LogP contribution in [0.15, 0.2) is 27.1 Å². The summed E-state index contributed by atoms with van der Waals surface area (Å²) in [6.07, 6.45) is 4.95. The van der Waals surface area contributed by atoms with E-state index in [2.05, 4.69) is 62.3 Å². The number of hydrogen-bond acceptors (Lipinski definition) is 3. The first-order valence-corrected chi connectivity index (χ1v) is 9.76. The quantitative estimate of drug-likeness (QED) is 0.718. The van der Waals surface area contributed by atoms with Gasteiger partial charge < -0.3 is 5.32 Å². The van der Waals surface area contributed by atoms with E-state index in [1.54, 1.807) is 0 Å². The molecule has 0 saturated heterocycles. The molecule has 1 N–H and O–H groups in total. The minimum Gasteiger partial charge on any atom is -0.305 e. The average Bonchev–Trinajstić information content (AvgIpc) is 2.91. The van der Waals surface area contributed by atoms with Crippen LogP contribution in [-0.4, -0.2) is 11.5 Å². The Kier molecular flexibility index (Phi) is 5.15. The van der Waals surface area contributed by atoms with E-state index in [1.165, 1.54) is 40.4 Å². The first-order valence-electron chi connectivity index (χ1n) is 7.36. The van der Waals surface area contributed by atoms with Gasteiger partial charge in [-0.15, -0.1) is 11.3 Å². The number of hydrogen-bond donors (Lipinski definition) is 1. The molecule has 0 amide bonds. The van der Waals surface area contributed by atoms with Crippen molar-refractivity contribution in [1.29, 1.82) is 0 Å². The molecule has 5 heteroatoms. The van der Waals surface area contributed by atoms with Crippen molar-refractivity contribution >= 4 is 43.2 Å². The van der Waals surface area contributed by atoms with Gasteiger partial charge in [-0.05, 0) is 81.8 Å². The molecule has 1 aromatic heterocycles. The molecular formula is C16H18Br2N2S. The molecular weight excluding hydrogens is 412 g/mol. The molecule has 0 radical (unpaired) electrons. The van der Waals surface area contributed by atoms with E-state index in [4.69, 9.17) is 4.98 Å². The molecule has 0 aliphatic heterocycles. The fourth-order valence-electron chi connectivity index (χ4n) is 2.74. The second-order valence-corrected chi connectivity index (χ2v) is 8.12. The molecule has 0 bridgehead atoms. The summed E-state index contributed by atoms with van der Waals surface area (Å²) in [4.78, 5) is 6.42. The van der Waals surface area contributed by atoms with E-state index in [0.717, 1.165) is 21.9 Å². The molecule has 21 heavy (non-hydrogen) atoms. The predicted molar refractivity (Wildman–Crippen MR) is 96.1 cm³/mol. The third-order valence-corrected chi connectivity index (χ3v) is 6.90. The van der Waals surface area contributed by atoms with Gasteiger partial charge in [0.05, 0.1) is 11.7 Å². The smallest absolute Gasteiger partial charge is 0.115 e. The Morgan fingerprint density at radius 3 is 2.76 bits per heavy atom. The fraction of sp³-hybridized carbons (Fsp3) is 0.438. The standard InChI is InChI=1S/C16H18Br2N2S/c1-2-19-15(10-7-8-11(17)12(18)9-10)16-20-13-5-3-4-6-14(13)21-16/h7-9,15,19H,2-6H2,1H3. The van der Waals surface area contributed by atoms with E-state index in [1.807, 2.05) is 11.3 Å². The largest absolute Gasteiger partial charge is 0.305 e. The van der Waals surface area contributed by atoms with Crippen LogP contribution in [0.5, 0.6) is 0 Å². The Morgan fingerprint density at radius 1 is 1.24 bits per heavy atom. The number of rotatable bonds is 4. The maximum Gasteiger partial charge on any atom is 0.115 e. The number of halogens is 2. The lowest BCUT2D eigenvalue weighted by molar-refractivity contribution is 0.620. The summed E-state index contributed by atoms with van der Waals surface area (Å²) in [6, 6.07) is 6.63. The maximum absolute atomic E-state index is 4.93. The lowest BCUT2D eigenvalue weighted by Crippen LogP contribution is -2.22. The topological polar surface area (TPSA) is 24.9 Å². The van der Waals surface area contributed by atoms with Crippen molar-refractivity contribution < 1.29 is 0 Å². The lowest BCUT2D eigenvalue weighted by Gasteiger charge is -2.16. The lowest BCUT2D eigenvalue weighted by atomic mass is 10.0. The van der Waals surface area contributed by atoms with E-state index in [-0.39, 0.29) is 6.04 Å².